The maximum absolute atomic E-state index is 10.6. The maximum atomic E-state index is 10.6. The third-order valence-corrected chi connectivity index (χ3v) is 1.85. The molecule has 0 amide bonds. The van der Waals surface area contributed by atoms with Gasteiger partial charge in [-0.1, -0.05) is 52.3 Å². The van der Waals surface area contributed by atoms with E-state index in [0.717, 1.165) is 17.4 Å². The highest BCUT2D eigenvalue weighted by Crippen LogP contribution is 2.11. The minimum atomic E-state index is 0.704. The summed E-state index contributed by atoms with van der Waals surface area (Å²) in [6.07, 6.45) is 2.72. The first-order valence-corrected chi connectivity index (χ1v) is 4.77. The van der Waals surface area contributed by atoms with Crippen molar-refractivity contribution in [2.24, 2.45) is 0 Å². The SMILES string of the molecule is O=CC(=CCBr)c1ccccc1. The first kappa shape index (κ1) is 9.20. The number of allylic oxidation sites excluding steroid dienone is 2. The van der Waals surface area contributed by atoms with Gasteiger partial charge in [0.05, 0.1) is 0 Å². The minimum absolute atomic E-state index is 0.704. The summed E-state index contributed by atoms with van der Waals surface area (Å²) < 4.78 is 0. The molecule has 0 aliphatic carbocycles. The number of carbonyl (C=O) groups is 1. The smallest absolute Gasteiger partial charge is 0.150 e. The Labute approximate surface area is 80.2 Å². The van der Waals surface area contributed by atoms with Crippen LogP contribution in [0, 0.1) is 0 Å². The summed E-state index contributed by atoms with van der Waals surface area (Å²) in [6.45, 7) is 0. The zero-order valence-corrected chi connectivity index (χ0v) is 8.12. The molecule has 0 aromatic heterocycles. The molecule has 1 aromatic carbocycles. The summed E-state index contributed by atoms with van der Waals surface area (Å²) in [5.41, 5.74) is 1.69. The Balaban J connectivity index is 2.96. The lowest BCUT2D eigenvalue weighted by molar-refractivity contribution is -0.103. The third-order valence-electron chi connectivity index (χ3n) is 1.53. The van der Waals surface area contributed by atoms with E-state index in [1.807, 2.05) is 36.4 Å². The molecule has 0 saturated carbocycles. The Kier molecular flexibility index (Phi) is 3.74. The molecule has 2 heteroatoms. The molecule has 0 spiro atoms. The normalized spacial score (nSPS) is 11.2. The molecule has 0 unspecified atom stereocenters. The molecule has 12 heavy (non-hydrogen) atoms. The zero-order valence-electron chi connectivity index (χ0n) is 6.53. The predicted octanol–water partition coefficient (Wildman–Crippen LogP) is 2.66. The van der Waals surface area contributed by atoms with E-state index in [0.29, 0.717) is 5.33 Å². The molecule has 1 nitrogen and oxygen atoms in total. The number of carbonyl (C=O) groups excluding carboxylic acids is 1. The summed E-state index contributed by atoms with van der Waals surface area (Å²) in [5, 5.41) is 0.704. The minimum Gasteiger partial charge on any atom is -0.298 e. The second kappa shape index (κ2) is 4.88. The Bertz CT molecular complexity index is 277. The number of hydrogen-bond donors (Lipinski definition) is 0. The number of alkyl halides is 1. The average Bonchev–Trinajstić information content (AvgIpc) is 2.15. The highest BCUT2D eigenvalue weighted by atomic mass is 79.9. The molecule has 0 saturated heterocycles. The van der Waals surface area contributed by atoms with Crippen LogP contribution in [-0.2, 0) is 4.79 Å². The van der Waals surface area contributed by atoms with Gasteiger partial charge in [-0.2, -0.15) is 0 Å². The van der Waals surface area contributed by atoms with Crippen molar-refractivity contribution in [2.75, 3.05) is 5.33 Å². The molecule has 0 N–H and O–H groups in total. The van der Waals surface area contributed by atoms with Gasteiger partial charge < -0.3 is 0 Å². The quantitative estimate of drug-likeness (QED) is 0.439. The number of aldehydes is 1. The molecule has 0 fully saturated rings. The van der Waals surface area contributed by atoms with Gasteiger partial charge in [-0.3, -0.25) is 4.79 Å². The van der Waals surface area contributed by atoms with Crippen LogP contribution in [0.5, 0.6) is 0 Å². The van der Waals surface area contributed by atoms with Crippen molar-refractivity contribution in [3.05, 3.63) is 42.0 Å². The lowest BCUT2D eigenvalue weighted by Crippen LogP contribution is -1.84. The van der Waals surface area contributed by atoms with Gasteiger partial charge in [-0.05, 0) is 5.56 Å². The lowest BCUT2D eigenvalue weighted by atomic mass is 10.1. The van der Waals surface area contributed by atoms with E-state index in [2.05, 4.69) is 15.9 Å². The number of rotatable bonds is 3. The summed E-state index contributed by atoms with van der Waals surface area (Å²) in [4.78, 5) is 10.6. The van der Waals surface area contributed by atoms with E-state index in [9.17, 15) is 4.79 Å². The van der Waals surface area contributed by atoms with Crippen LogP contribution in [0.2, 0.25) is 0 Å². The van der Waals surface area contributed by atoms with Gasteiger partial charge >= 0.3 is 0 Å². The molecule has 0 aliphatic heterocycles. The van der Waals surface area contributed by atoms with Crippen molar-refractivity contribution >= 4 is 27.8 Å². The maximum Gasteiger partial charge on any atom is 0.150 e. The van der Waals surface area contributed by atoms with Gasteiger partial charge in [0.15, 0.2) is 0 Å². The molecule has 0 bridgehead atoms. The highest BCUT2D eigenvalue weighted by Gasteiger charge is 1.96. The van der Waals surface area contributed by atoms with Gasteiger partial charge in [0.1, 0.15) is 6.29 Å². The van der Waals surface area contributed by atoms with Crippen LogP contribution < -0.4 is 0 Å². The van der Waals surface area contributed by atoms with Crippen LogP contribution in [0.4, 0.5) is 0 Å². The van der Waals surface area contributed by atoms with Crippen molar-refractivity contribution in [3.8, 4) is 0 Å². The Hall–Kier alpha value is -0.890. The Morgan fingerprint density at radius 3 is 2.50 bits per heavy atom. The van der Waals surface area contributed by atoms with E-state index < -0.39 is 0 Å². The molecule has 62 valence electrons. The second-order valence-corrected chi connectivity index (χ2v) is 2.95. The van der Waals surface area contributed by atoms with Crippen molar-refractivity contribution in [3.63, 3.8) is 0 Å². The summed E-state index contributed by atoms with van der Waals surface area (Å²) in [6, 6.07) is 9.60. The van der Waals surface area contributed by atoms with Crippen LogP contribution in [0.25, 0.3) is 5.57 Å². The van der Waals surface area contributed by atoms with Crippen LogP contribution in [0.3, 0.4) is 0 Å². The lowest BCUT2D eigenvalue weighted by Gasteiger charge is -1.97. The molecular formula is C10H9BrO. The van der Waals surface area contributed by atoms with E-state index in [-0.39, 0.29) is 0 Å². The van der Waals surface area contributed by atoms with Crippen molar-refractivity contribution < 1.29 is 4.79 Å². The Morgan fingerprint density at radius 2 is 2.00 bits per heavy atom. The molecule has 0 aliphatic rings. The van der Waals surface area contributed by atoms with Crippen LogP contribution >= 0.6 is 15.9 Å². The summed E-state index contributed by atoms with van der Waals surface area (Å²) in [7, 11) is 0. The topological polar surface area (TPSA) is 17.1 Å². The molecule has 0 heterocycles. The predicted molar refractivity (Wildman–Crippen MR) is 54.3 cm³/mol. The molecular weight excluding hydrogens is 216 g/mol. The Morgan fingerprint density at radius 1 is 1.33 bits per heavy atom. The van der Waals surface area contributed by atoms with Gasteiger partial charge in [0.25, 0.3) is 0 Å². The number of halogens is 1. The monoisotopic (exact) mass is 224 g/mol. The number of benzene rings is 1. The van der Waals surface area contributed by atoms with E-state index >= 15 is 0 Å². The first-order valence-electron chi connectivity index (χ1n) is 3.65. The summed E-state index contributed by atoms with van der Waals surface area (Å²) >= 11 is 3.25. The molecule has 1 aromatic rings. The molecule has 1 rings (SSSR count). The summed E-state index contributed by atoms with van der Waals surface area (Å²) in [5.74, 6) is 0. The van der Waals surface area contributed by atoms with Gasteiger partial charge in [-0.25, -0.2) is 0 Å². The van der Waals surface area contributed by atoms with E-state index in [1.165, 1.54) is 0 Å². The van der Waals surface area contributed by atoms with Crippen LogP contribution in [-0.4, -0.2) is 11.6 Å². The fourth-order valence-electron chi connectivity index (χ4n) is 0.948. The third kappa shape index (κ3) is 2.31. The van der Waals surface area contributed by atoms with Crippen LogP contribution in [0.1, 0.15) is 5.56 Å². The van der Waals surface area contributed by atoms with E-state index in [1.54, 1.807) is 0 Å². The van der Waals surface area contributed by atoms with Gasteiger partial charge in [0.2, 0.25) is 0 Å². The highest BCUT2D eigenvalue weighted by molar-refractivity contribution is 9.09. The van der Waals surface area contributed by atoms with E-state index in [4.69, 9.17) is 0 Å². The largest absolute Gasteiger partial charge is 0.298 e. The standard InChI is InChI=1S/C10H9BrO/c11-7-6-10(8-12)9-4-2-1-3-5-9/h1-6,8H,7H2. The van der Waals surface area contributed by atoms with Crippen LogP contribution in [0.15, 0.2) is 36.4 Å². The fourth-order valence-corrected chi connectivity index (χ4v) is 1.30. The van der Waals surface area contributed by atoms with Crippen molar-refractivity contribution in [2.45, 2.75) is 0 Å². The second-order valence-electron chi connectivity index (χ2n) is 2.30. The fraction of sp³-hybridized carbons (Fsp3) is 0.100. The van der Waals surface area contributed by atoms with Crippen molar-refractivity contribution in [1.29, 1.82) is 0 Å². The van der Waals surface area contributed by atoms with Gasteiger partial charge in [-0.15, -0.1) is 0 Å². The molecule has 0 radical (unpaired) electrons. The zero-order chi connectivity index (χ0) is 8.81. The first-order chi connectivity index (χ1) is 5.88. The van der Waals surface area contributed by atoms with Gasteiger partial charge in [0, 0.05) is 10.9 Å². The average molecular weight is 225 g/mol. The van der Waals surface area contributed by atoms with Crippen molar-refractivity contribution in [1.82, 2.24) is 0 Å². The molecule has 0 atom stereocenters. The number of hydrogen-bond acceptors (Lipinski definition) is 1.